The van der Waals surface area contributed by atoms with E-state index >= 15 is 0 Å². The summed E-state index contributed by atoms with van der Waals surface area (Å²) in [4.78, 5) is 25.4. The summed E-state index contributed by atoms with van der Waals surface area (Å²) in [5.74, 6) is -1.31. The summed E-state index contributed by atoms with van der Waals surface area (Å²) in [6, 6.07) is 1.50. The second-order valence-corrected chi connectivity index (χ2v) is 6.77. The van der Waals surface area contributed by atoms with E-state index in [-0.39, 0.29) is 11.5 Å². The van der Waals surface area contributed by atoms with Crippen molar-refractivity contribution in [3.8, 4) is 0 Å². The summed E-state index contributed by atoms with van der Waals surface area (Å²) in [5, 5.41) is 9.45. The number of amides is 1. The Morgan fingerprint density at radius 3 is 2.68 bits per heavy atom. The zero-order valence-corrected chi connectivity index (χ0v) is 12.6. The van der Waals surface area contributed by atoms with Crippen molar-refractivity contribution in [3.63, 3.8) is 0 Å². The fourth-order valence-electron chi connectivity index (χ4n) is 2.55. The smallest absolute Gasteiger partial charge is 0.329 e. The second kappa shape index (κ2) is 5.31. The highest BCUT2D eigenvalue weighted by molar-refractivity contribution is 7.20. The Kier molecular flexibility index (Phi) is 4.08. The van der Waals surface area contributed by atoms with E-state index in [1.54, 1.807) is 6.92 Å². The normalized spacial score (nSPS) is 22.8. The van der Waals surface area contributed by atoms with Crippen LogP contribution in [0.15, 0.2) is 6.07 Å². The maximum Gasteiger partial charge on any atom is 0.329 e. The largest absolute Gasteiger partial charge is 0.479 e. The van der Waals surface area contributed by atoms with Gasteiger partial charge in [0.05, 0.1) is 9.90 Å². The molecule has 0 radical (unpaired) electrons. The van der Waals surface area contributed by atoms with Crippen LogP contribution >= 0.6 is 34.5 Å². The number of hydrogen-bond donors (Lipinski definition) is 1. The highest BCUT2D eigenvalue weighted by atomic mass is 35.5. The van der Waals surface area contributed by atoms with Crippen molar-refractivity contribution in [1.29, 1.82) is 0 Å². The van der Waals surface area contributed by atoms with Crippen molar-refractivity contribution in [3.05, 3.63) is 20.3 Å². The van der Waals surface area contributed by atoms with Gasteiger partial charge in [0.25, 0.3) is 5.91 Å². The fourth-order valence-corrected chi connectivity index (χ4v) is 4.00. The summed E-state index contributed by atoms with van der Waals surface area (Å²) in [7, 11) is 0. The van der Waals surface area contributed by atoms with Gasteiger partial charge in [-0.3, -0.25) is 4.79 Å². The third-order valence-electron chi connectivity index (χ3n) is 3.60. The van der Waals surface area contributed by atoms with E-state index in [0.29, 0.717) is 34.5 Å². The van der Waals surface area contributed by atoms with E-state index in [1.807, 2.05) is 0 Å². The summed E-state index contributed by atoms with van der Waals surface area (Å²) >= 11 is 12.9. The average Bonchev–Trinajstić information content (AvgIpc) is 2.92. The van der Waals surface area contributed by atoms with E-state index < -0.39 is 11.5 Å². The van der Waals surface area contributed by atoms with Gasteiger partial charge >= 0.3 is 5.97 Å². The Morgan fingerprint density at radius 1 is 1.53 bits per heavy atom. The lowest BCUT2D eigenvalue weighted by molar-refractivity contribution is -0.148. The summed E-state index contributed by atoms with van der Waals surface area (Å²) < 4.78 is 0.724. The van der Waals surface area contributed by atoms with Gasteiger partial charge in [0.2, 0.25) is 0 Å². The molecule has 1 saturated heterocycles. The molecule has 1 aliphatic heterocycles. The Morgan fingerprint density at radius 2 is 2.21 bits per heavy atom. The third kappa shape index (κ3) is 2.35. The Labute approximate surface area is 124 Å². The molecule has 1 atom stereocenters. The molecule has 0 bridgehead atoms. The molecule has 1 N–H and O–H groups in total. The molecule has 1 aromatic heterocycles. The Bertz CT molecular complexity index is 531. The average molecular weight is 322 g/mol. The zero-order valence-electron chi connectivity index (χ0n) is 10.3. The van der Waals surface area contributed by atoms with Crippen molar-refractivity contribution >= 4 is 46.4 Å². The van der Waals surface area contributed by atoms with Gasteiger partial charge in [-0.1, -0.05) is 30.1 Å². The fraction of sp³-hybridized carbons (Fsp3) is 0.500. The second-order valence-electron chi connectivity index (χ2n) is 4.49. The van der Waals surface area contributed by atoms with Crippen LogP contribution in [0.2, 0.25) is 8.67 Å². The van der Waals surface area contributed by atoms with Crippen LogP contribution in [0.5, 0.6) is 0 Å². The van der Waals surface area contributed by atoms with E-state index in [0.717, 1.165) is 11.3 Å². The van der Waals surface area contributed by atoms with Gasteiger partial charge in [-0.05, 0) is 25.3 Å². The molecule has 104 valence electrons. The van der Waals surface area contributed by atoms with Gasteiger partial charge < -0.3 is 10.0 Å². The molecule has 0 aliphatic carbocycles. The molecule has 1 unspecified atom stereocenters. The monoisotopic (exact) mass is 321 g/mol. The molecule has 1 aromatic rings. The van der Waals surface area contributed by atoms with Crippen LogP contribution in [0.4, 0.5) is 0 Å². The van der Waals surface area contributed by atoms with E-state index in [4.69, 9.17) is 23.2 Å². The molecular formula is C12H13Cl2NO3S. The zero-order chi connectivity index (χ0) is 14.2. The van der Waals surface area contributed by atoms with Crippen LogP contribution in [-0.4, -0.2) is 34.0 Å². The molecular weight excluding hydrogens is 309 g/mol. The maximum atomic E-state index is 12.5. The predicted molar refractivity (Wildman–Crippen MR) is 75.3 cm³/mol. The molecule has 1 fully saturated rings. The van der Waals surface area contributed by atoms with Crippen molar-refractivity contribution < 1.29 is 14.7 Å². The first-order valence-electron chi connectivity index (χ1n) is 5.92. The molecule has 7 heteroatoms. The summed E-state index contributed by atoms with van der Waals surface area (Å²) in [5.41, 5.74) is -0.827. The number of carbonyl (C=O) groups excluding carboxylic acids is 1. The number of likely N-dealkylation sites (tertiary alicyclic amines) is 1. The van der Waals surface area contributed by atoms with Crippen LogP contribution in [0.1, 0.15) is 36.5 Å². The van der Waals surface area contributed by atoms with Crippen LogP contribution in [0.3, 0.4) is 0 Å². The molecule has 0 spiro atoms. The lowest BCUT2D eigenvalue weighted by Crippen LogP contribution is -2.52. The van der Waals surface area contributed by atoms with E-state index in [1.165, 1.54) is 11.0 Å². The number of rotatable bonds is 3. The van der Waals surface area contributed by atoms with Crippen LogP contribution < -0.4 is 0 Å². The number of aliphatic carboxylic acids is 1. The number of carbonyl (C=O) groups is 2. The Hall–Kier alpha value is -0.780. The van der Waals surface area contributed by atoms with Gasteiger partial charge in [-0.2, -0.15) is 0 Å². The minimum atomic E-state index is -1.12. The van der Waals surface area contributed by atoms with Crippen molar-refractivity contribution in [1.82, 2.24) is 4.90 Å². The first-order valence-corrected chi connectivity index (χ1v) is 7.50. The molecule has 0 aromatic carbocycles. The van der Waals surface area contributed by atoms with E-state index in [2.05, 4.69) is 0 Å². The summed E-state index contributed by atoms with van der Waals surface area (Å²) in [6.07, 6.45) is 1.53. The molecule has 19 heavy (non-hydrogen) atoms. The van der Waals surface area contributed by atoms with Gasteiger partial charge in [0.1, 0.15) is 9.88 Å². The molecule has 1 aliphatic rings. The first-order chi connectivity index (χ1) is 8.92. The van der Waals surface area contributed by atoms with Crippen molar-refractivity contribution in [2.24, 2.45) is 0 Å². The molecule has 1 amide bonds. The number of halogens is 2. The lowest BCUT2D eigenvalue weighted by Gasteiger charge is -2.33. The van der Waals surface area contributed by atoms with Gasteiger partial charge in [-0.15, -0.1) is 11.3 Å². The highest BCUT2D eigenvalue weighted by Crippen LogP contribution is 2.37. The number of thiophene rings is 1. The van der Waals surface area contributed by atoms with Gasteiger partial charge in [0, 0.05) is 6.54 Å². The van der Waals surface area contributed by atoms with Crippen LogP contribution in [0, 0.1) is 0 Å². The summed E-state index contributed by atoms with van der Waals surface area (Å²) in [6.45, 7) is 2.21. The number of hydrogen-bond acceptors (Lipinski definition) is 3. The van der Waals surface area contributed by atoms with Crippen molar-refractivity contribution in [2.75, 3.05) is 6.54 Å². The minimum absolute atomic E-state index is 0.289. The molecule has 0 saturated carbocycles. The van der Waals surface area contributed by atoms with Crippen molar-refractivity contribution in [2.45, 2.75) is 31.7 Å². The molecule has 4 nitrogen and oxygen atoms in total. The van der Waals surface area contributed by atoms with E-state index in [9.17, 15) is 14.7 Å². The predicted octanol–water partition coefficient (Wildman–Crippen LogP) is 3.52. The number of carboxylic acids is 1. The third-order valence-corrected chi connectivity index (χ3v) is 5.09. The topological polar surface area (TPSA) is 57.6 Å². The minimum Gasteiger partial charge on any atom is -0.479 e. The first kappa shape index (κ1) is 14.6. The molecule has 2 heterocycles. The quantitative estimate of drug-likeness (QED) is 0.926. The Balaban J connectivity index is 2.38. The van der Waals surface area contributed by atoms with Gasteiger partial charge in [-0.25, -0.2) is 4.79 Å². The lowest BCUT2D eigenvalue weighted by atomic mass is 9.92. The highest BCUT2D eigenvalue weighted by Gasteiger charge is 2.49. The number of carboxylic acid groups (broad SMARTS) is 1. The standard InChI is InChI=1S/C12H13Cl2NO3S/c1-2-12(11(17)18)4-3-5-15(12)10(16)7-6-8(13)19-9(7)14/h6H,2-5H2,1H3,(H,17,18). The molecule has 2 rings (SSSR count). The number of nitrogens with zero attached hydrogens (tertiary/aromatic N) is 1. The van der Waals surface area contributed by atoms with Gasteiger partial charge in [0.15, 0.2) is 0 Å². The SMILES string of the molecule is CCC1(C(=O)O)CCCN1C(=O)c1cc(Cl)sc1Cl. The van der Waals surface area contributed by atoms with Crippen LogP contribution in [-0.2, 0) is 4.79 Å². The maximum absolute atomic E-state index is 12.5. The van der Waals surface area contributed by atoms with Crippen LogP contribution in [0.25, 0.3) is 0 Å².